The minimum Gasteiger partial charge on any atom is -0.362 e. The number of ether oxygens (including phenoxy) is 1. The zero-order valence-electron chi connectivity index (χ0n) is 4.76. The van der Waals surface area contributed by atoms with Gasteiger partial charge in [-0.25, -0.2) is 0 Å². The quantitative estimate of drug-likeness (QED) is 0.469. The molecule has 1 rings (SSSR count). The Morgan fingerprint density at radius 1 is 1.88 bits per heavy atom. The number of carbonyl (C=O) groups is 1. The van der Waals surface area contributed by atoms with Crippen molar-refractivity contribution in [2.75, 3.05) is 6.61 Å². The lowest BCUT2D eigenvalue weighted by molar-refractivity contribution is -0.109. The molecule has 8 heavy (non-hydrogen) atoms. The fraction of sp³-hybridized carbons (Fsp3) is 0.800. The molecule has 1 saturated heterocycles. The summed E-state index contributed by atoms with van der Waals surface area (Å²) in [6.07, 6.45) is 0.911. The number of aldehydes is 1. The van der Waals surface area contributed by atoms with Crippen LogP contribution < -0.4 is 5.32 Å². The molecule has 0 spiro atoms. The van der Waals surface area contributed by atoms with Crippen LogP contribution in [0.3, 0.4) is 0 Å². The van der Waals surface area contributed by atoms with Gasteiger partial charge in [-0.05, 0) is 6.92 Å². The lowest BCUT2D eigenvalue weighted by atomic mass is 10.4. The standard InChI is InChI=1S/C5H9NO2/c1-4-6-5(2-7)3-8-4/h2,4-6H,3H2,1H3. The molecule has 3 heteroatoms. The molecule has 2 atom stereocenters. The lowest BCUT2D eigenvalue weighted by Crippen LogP contribution is -2.29. The van der Waals surface area contributed by atoms with Gasteiger partial charge in [0.15, 0.2) is 0 Å². The van der Waals surface area contributed by atoms with Gasteiger partial charge in [-0.2, -0.15) is 0 Å². The van der Waals surface area contributed by atoms with Crippen LogP contribution in [0.5, 0.6) is 0 Å². The van der Waals surface area contributed by atoms with Crippen molar-refractivity contribution in [3.05, 3.63) is 0 Å². The Kier molecular flexibility index (Phi) is 1.60. The van der Waals surface area contributed by atoms with E-state index in [-0.39, 0.29) is 12.3 Å². The van der Waals surface area contributed by atoms with E-state index in [1.54, 1.807) is 0 Å². The number of hydrogen-bond donors (Lipinski definition) is 1. The van der Waals surface area contributed by atoms with Crippen molar-refractivity contribution < 1.29 is 9.53 Å². The van der Waals surface area contributed by atoms with Crippen molar-refractivity contribution in [1.29, 1.82) is 0 Å². The summed E-state index contributed by atoms with van der Waals surface area (Å²) >= 11 is 0. The summed E-state index contributed by atoms with van der Waals surface area (Å²) in [7, 11) is 0. The molecule has 1 fully saturated rings. The second-order valence-electron chi connectivity index (χ2n) is 1.88. The van der Waals surface area contributed by atoms with Gasteiger partial charge in [-0.3, -0.25) is 5.32 Å². The molecule has 0 saturated carbocycles. The first-order valence-electron chi connectivity index (χ1n) is 2.66. The fourth-order valence-corrected chi connectivity index (χ4v) is 0.724. The molecule has 0 aromatic carbocycles. The Morgan fingerprint density at radius 3 is 2.88 bits per heavy atom. The van der Waals surface area contributed by atoms with E-state index in [2.05, 4.69) is 5.32 Å². The lowest BCUT2D eigenvalue weighted by Gasteiger charge is -1.98. The molecule has 1 aliphatic heterocycles. The van der Waals surface area contributed by atoms with Crippen molar-refractivity contribution in [3.63, 3.8) is 0 Å². The molecule has 0 aromatic heterocycles. The third-order valence-electron chi connectivity index (χ3n) is 1.14. The molecular formula is C5H9NO2. The Bertz CT molecular complexity index is 94.4. The molecule has 46 valence electrons. The highest BCUT2D eigenvalue weighted by Crippen LogP contribution is 1.97. The first-order valence-corrected chi connectivity index (χ1v) is 2.66. The topological polar surface area (TPSA) is 38.3 Å². The van der Waals surface area contributed by atoms with Crippen molar-refractivity contribution in [2.24, 2.45) is 0 Å². The second kappa shape index (κ2) is 2.24. The summed E-state index contributed by atoms with van der Waals surface area (Å²) in [5.74, 6) is 0. The van der Waals surface area contributed by atoms with Crippen molar-refractivity contribution >= 4 is 6.29 Å². The Balaban J connectivity index is 2.32. The zero-order chi connectivity index (χ0) is 5.98. The van der Waals surface area contributed by atoms with Crippen LogP contribution in [0.2, 0.25) is 0 Å². The molecule has 0 radical (unpaired) electrons. The number of hydrogen-bond acceptors (Lipinski definition) is 3. The Hall–Kier alpha value is -0.410. The van der Waals surface area contributed by atoms with Gasteiger partial charge in [0.05, 0.1) is 12.6 Å². The van der Waals surface area contributed by atoms with Gasteiger partial charge < -0.3 is 9.53 Å². The van der Waals surface area contributed by atoms with Crippen LogP contribution >= 0.6 is 0 Å². The van der Waals surface area contributed by atoms with Gasteiger partial charge in [0.25, 0.3) is 0 Å². The maximum Gasteiger partial charge on any atom is 0.139 e. The summed E-state index contributed by atoms with van der Waals surface area (Å²) in [4.78, 5) is 10.0. The highest BCUT2D eigenvalue weighted by atomic mass is 16.5. The predicted octanol–water partition coefficient (Wildman–Crippen LogP) is -0.480. The summed E-state index contributed by atoms with van der Waals surface area (Å²) in [5, 5.41) is 2.91. The minimum atomic E-state index is -0.0787. The number of nitrogens with one attached hydrogen (secondary N) is 1. The van der Waals surface area contributed by atoms with Gasteiger partial charge in [-0.15, -0.1) is 0 Å². The molecule has 0 amide bonds. The summed E-state index contributed by atoms with van der Waals surface area (Å²) in [6, 6.07) is -0.0787. The maximum atomic E-state index is 10.0. The average molecular weight is 115 g/mol. The van der Waals surface area contributed by atoms with Crippen LogP contribution in [0.4, 0.5) is 0 Å². The largest absolute Gasteiger partial charge is 0.362 e. The van der Waals surface area contributed by atoms with Gasteiger partial charge in [0.2, 0.25) is 0 Å². The van der Waals surface area contributed by atoms with Crippen LogP contribution in [0, 0.1) is 0 Å². The molecule has 1 N–H and O–H groups in total. The summed E-state index contributed by atoms with van der Waals surface area (Å²) < 4.78 is 5.01. The van der Waals surface area contributed by atoms with Gasteiger partial charge in [-0.1, -0.05) is 0 Å². The fourth-order valence-electron chi connectivity index (χ4n) is 0.724. The average Bonchev–Trinajstić information content (AvgIpc) is 2.14. The van der Waals surface area contributed by atoms with E-state index in [4.69, 9.17) is 4.74 Å². The normalized spacial score (nSPS) is 37.6. The van der Waals surface area contributed by atoms with Crippen molar-refractivity contribution in [3.8, 4) is 0 Å². The second-order valence-corrected chi connectivity index (χ2v) is 1.88. The van der Waals surface area contributed by atoms with Crippen molar-refractivity contribution in [1.82, 2.24) is 5.32 Å². The van der Waals surface area contributed by atoms with Gasteiger partial charge in [0.1, 0.15) is 12.5 Å². The third kappa shape index (κ3) is 1.05. The van der Waals surface area contributed by atoms with Crippen LogP contribution in [0.25, 0.3) is 0 Å². The Labute approximate surface area is 48.0 Å². The van der Waals surface area contributed by atoms with Crippen LogP contribution in [-0.2, 0) is 9.53 Å². The van der Waals surface area contributed by atoms with E-state index >= 15 is 0 Å². The van der Waals surface area contributed by atoms with E-state index < -0.39 is 0 Å². The third-order valence-corrected chi connectivity index (χ3v) is 1.14. The molecule has 3 nitrogen and oxygen atoms in total. The highest BCUT2D eigenvalue weighted by Gasteiger charge is 2.18. The molecular weight excluding hydrogens is 106 g/mol. The zero-order valence-corrected chi connectivity index (χ0v) is 4.76. The number of rotatable bonds is 1. The summed E-state index contributed by atoms with van der Waals surface area (Å²) in [5.41, 5.74) is 0. The molecule has 0 bridgehead atoms. The molecule has 2 unspecified atom stereocenters. The molecule has 1 aliphatic rings. The maximum absolute atomic E-state index is 10.0. The minimum absolute atomic E-state index is 0.0465. The van der Waals surface area contributed by atoms with Gasteiger partial charge >= 0.3 is 0 Å². The molecule has 0 aromatic rings. The van der Waals surface area contributed by atoms with Crippen LogP contribution in [-0.4, -0.2) is 25.2 Å². The Morgan fingerprint density at radius 2 is 2.62 bits per heavy atom. The van der Waals surface area contributed by atoms with Crippen LogP contribution in [0.15, 0.2) is 0 Å². The van der Waals surface area contributed by atoms with Crippen molar-refractivity contribution in [2.45, 2.75) is 19.2 Å². The summed E-state index contributed by atoms with van der Waals surface area (Å²) in [6.45, 7) is 2.40. The molecule has 1 heterocycles. The first-order chi connectivity index (χ1) is 3.83. The van der Waals surface area contributed by atoms with Crippen LogP contribution in [0.1, 0.15) is 6.92 Å². The smallest absolute Gasteiger partial charge is 0.139 e. The van der Waals surface area contributed by atoms with E-state index in [9.17, 15) is 4.79 Å². The van der Waals surface area contributed by atoms with Gasteiger partial charge in [0, 0.05) is 0 Å². The monoisotopic (exact) mass is 115 g/mol. The first kappa shape index (κ1) is 5.72. The number of carbonyl (C=O) groups excluding carboxylic acids is 1. The highest BCUT2D eigenvalue weighted by molar-refractivity contribution is 5.58. The van der Waals surface area contributed by atoms with E-state index in [0.717, 1.165) is 6.29 Å². The van der Waals surface area contributed by atoms with E-state index in [1.807, 2.05) is 6.92 Å². The van der Waals surface area contributed by atoms with E-state index in [1.165, 1.54) is 0 Å². The molecule has 0 aliphatic carbocycles. The SMILES string of the molecule is CC1NC(C=O)CO1. The predicted molar refractivity (Wildman–Crippen MR) is 28.4 cm³/mol. The van der Waals surface area contributed by atoms with E-state index in [0.29, 0.717) is 6.61 Å².